The molecule has 0 aliphatic carbocycles. The number of rotatable bonds is 8. The smallest absolute Gasteiger partial charge is 0.165 e. The fourth-order valence-electron chi connectivity index (χ4n) is 1.39. The van der Waals surface area contributed by atoms with Gasteiger partial charge in [0.2, 0.25) is 0 Å². The first kappa shape index (κ1) is 13.9. The van der Waals surface area contributed by atoms with Crippen LogP contribution in [0.5, 0.6) is 5.75 Å². The summed E-state index contributed by atoms with van der Waals surface area (Å²) in [5.74, 6) is -0.334. The maximum Gasteiger partial charge on any atom is 0.165 e. The van der Waals surface area contributed by atoms with Crippen LogP contribution in [0, 0.1) is 5.82 Å². The molecule has 3 nitrogen and oxygen atoms in total. The van der Waals surface area contributed by atoms with Gasteiger partial charge in [-0.05, 0) is 12.5 Å². The normalized spacial score (nSPS) is 10.5. The number of hydrogen-bond acceptors (Lipinski definition) is 3. The van der Waals surface area contributed by atoms with Gasteiger partial charge in [-0.1, -0.05) is 25.5 Å². The quantitative estimate of drug-likeness (QED) is 0.712. The van der Waals surface area contributed by atoms with E-state index in [2.05, 4.69) is 6.92 Å². The summed E-state index contributed by atoms with van der Waals surface area (Å²) in [5, 5.41) is 9.04. The predicted molar refractivity (Wildman–Crippen MR) is 63.5 cm³/mol. The van der Waals surface area contributed by atoms with Crippen LogP contribution in [0.4, 0.5) is 4.39 Å². The summed E-state index contributed by atoms with van der Waals surface area (Å²) >= 11 is 0. The Morgan fingerprint density at radius 3 is 2.76 bits per heavy atom. The van der Waals surface area contributed by atoms with E-state index in [4.69, 9.17) is 14.6 Å². The van der Waals surface area contributed by atoms with Crippen LogP contribution in [0.25, 0.3) is 0 Å². The number of para-hydroxylation sites is 1. The molecule has 0 bridgehead atoms. The van der Waals surface area contributed by atoms with Crippen molar-refractivity contribution < 1.29 is 19.0 Å². The average molecular weight is 242 g/mol. The highest BCUT2D eigenvalue weighted by molar-refractivity contribution is 5.34. The highest BCUT2D eigenvalue weighted by Gasteiger charge is 2.08. The predicted octanol–water partition coefficient (Wildman–Crippen LogP) is 2.51. The van der Waals surface area contributed by atoms with Gasteiger partial charge in [0.15, 0.2) is 11.6 Å². The van der Waals surface area contributed by atoms with Crippen LogP contribution in [-0.4, -0.2) is 24.9 Å². The van der Waals surface area contributed by atoms with Crippen LogP contribution in [0.2, 0.25) is 0 Å². The number of benzene rings is 1. The lowest BCUT2D eigenvalue weighted by Gasteiger charge is -2.11. The molecule has 0 unspecified atom stereocenters. The van der Waals surface area contributed by atoms with E-state index in [0.29, 0.717) is 18.8 Å². The Morgan fingerprint density at radius 2 is 2.06 bits per heavy atom. The van der Waals surface area contributed by atoms with Crippen LogP contribution < -0.4 is 4.74 Å². The zero-order valence-corrected chi connectivity index (χ0v) is 10.1. The minimum atomic E-state index is -0.454. The molecular weight excluding hydrogens is 223 g/mol. The number of unbranched alkanes of at least 4 members (excludes halogenated alkanes) is 1. The van der Waals surface area contributed by atoms with E-state index in [1.54, 1.807) is 12.1 Å². The molecular formula is C13H19FO3. The Kier molecular flexibility index (Phi) is 6.58. The van der Waals surface area contributed by atoms with E-state index in [-0.39, 0.29) is 19.0 Å². The molecule has 1 aromatic rings. The second kappa shape index (κ2) is 8.03. The molecule has 1 N–H and O–H groups in total. The molecule has 0 aliphatic heterocycles. The molecule has 0 fully saturated rings. The summed E-state index contributed by atoms with van der Waals surface area (Å²) in [6.45, 7) is 3.28. The number of aliphatic hydroxyl groups excluding tert-OH is 1. The van der Waals surface area contributed by atoms with Crippen LogP contribution in [-0.2, 0) is 11.3 Å². The Bertz CT molecular complexity index is 328. The van der Waals surface area contributed by atoms with Crippen molar-refractivity contribution in [1.29, 1.82) is 0 Å². The number of ether oxygens (including phenoxy) is 2. The lowest BCUT2D eigenvalue weighted by atomic mass is 10.2. The van der Waals surface area contributed by atoms with Crippen molar-refractivity contribution in [1.82, 2.24) is 0 Å². The molecule has 1 aromatic carbocycles. The first-order valence-electron chi connectivity index (χ1n) is 5.88. The topological polar surface area (TPSA) is 38.7 Å². The van der Waals surface area contributed by atoms with E-state index in [9.17, 15) is 4.39 Å². The number of hydrogen-bond donors (Lipinski definition) is 1. The van der Waals surface area contributed by atoms with Crippen molar-refractivity contribution in [3.8, 4) is 5.75 Å². The highest BCUT2D eigenvalue weighted by Crippen LogP contribution is 2.22. The molecule has 0 atom stereocenters. The highest BCUT2D eigenvalue weighted by atomic mass is 19.1. The monoisotopic (exact) mass is 242 g/mol. The molecule has 4 heteroatoms. The third-order valence-corrected chi connectivity index (χ3v) is 2.34. The average Bonchev–Trinajstić information content (AvgIpc) is 2.35. The lowest BCUT2D eigenvalue weighted by molar-refractivity contribution is 0.0956. The Morgan fingerprint density at radius 1 is 1.24 bits per heavy atom. The van der Waals surface area contributed by atoms with E-state index < -0.39 is 5.82 Å². The molecule has 0 spiro atoms. The molecule has 96 valence electrons. The summed E-state index contributed by atoms with van der Waals surface area (Å²) in [6.07, 6.45) is 2.10. The van der Waals surface area contributed by atoms with Crippen molar-refractivity contribution >= 4 is 0 Å². The van der Waals surface area contributed by atoms with Crippen LogP contribution >= 0.6 is 0 Å². The maximum absolute atomic E-state index is 13.4. The zero-order valence-electron chi connectivity index (χ0n) is 10.1. The largest absolute Gasteiger partial charge is 0.488 e. The minimum absolute atomic E-state index is 0.120. The van der Waals surface area contributed by atoms with Gasteiger partial charge in [0, 0.05) is 12.2 Å². The van der Waals surface area contributed by atoms with Crippen LogP contribution in [0.15, 0.2) is 18.2 Å². The fraction of sp³-hybridized carbons (Fsp3) is 0.538. The molecule has 0 aromatic heterocycles. The molecule has 0 aliphatic rings. The second-order valence-electron chi connectivity index (χ2n) is 3.70. The molecule has 0 saturated heterocycles. The SMILES string of the molecule is CCCCOCCOc1c(F)cccc1CO. The Hall–Kier alpha value is -1.13. The van der Waals surface area contributed by atoms with E-state index in [1.807, 2.05) is 0 Å². The van der Waals surface area contributed by atoms with Crippen molar-refractivity contribution in [3.63, 3.8) is 0 Å². The van der Waals surface area contributed by atoms with Gasteiger partial charge < -0.3 is 14.6 Å². The zero-order chi connectivity index (χ0) is 12.5. The lowest BCUT2D eigenvalue weighted by Crippen LogP contribution is -2.09. The summed E-state index contributed by atoms with van der Waals surface area (Å²) in [7, 11) is 0. The first-order chi connectivity index (χ1) is 8.29. The van der Waals surface area contributed by atoms with Crippen molar-refractivity contribution in [2.45, 2.75) is 26.4 Å². The summed E-state index contributed by atoms with van der Waals surface area (Å²) < 4.78 is 24.0. The van der Waals surface area contributed by atoms with E-state index in [1.165, 1.54) is 6.07 Å². The van der Waals surface area contributed by atoms with Gasteiger partial charge in [-0.15, -0.1) is 0 Å². The minimum Gasteiger partial charge on any atom is -0.488 e. The third-order valence-electron chi connectivity index (χ3n) is 2.34. The maximum atomic E-state index is 13.4. The van der Waals surface area contributed by atoms with Gasteiger partial charge in [0.1, 0.15) is 6.61 Å². The molecule has 0 radical (unpaired) electrons. The fourth-order valence-corrected chi connectivity index (χ4v) is 1.39. The summed E-state index contributed by atoms with van der Waals surface area (Å²) in [5.41, 5.74) is 0.457. The molecule has 0 heterocycles. The first-order valence-corrected chi connectivity index (χ1v) is 5.88. The molecule has 17 heavy (non-hydrogen) atoms. The van der Waals surface area contributed by atoms with Crippen LogP contribution in [0.1, 0.15) is 25.3 Å². The van der Waals surface area contributed by atoms with E-state index in [0.717, 1.165) is 12.8 Å². The van der Waals surface area contributed by atoms with Gasteiger partial charge in [-0.2, -0.15) is 0 Å². The van der Waals surface area contributed by atoms with Gasteiger partial charge in [-0.25, -0.2) is 4.39 Å². The molecule has 0 saturated carbocycles. The number of halogens is 1. The van der Waals surface area contributed by atoms with Gasteiger partial charge in [0.25, 0.3) is 0 Å². The van der Waals surface area contributed by atoms with Crippen molar-refractivity contribution in [2.24, 2.45) is 0 Å². The third kappa shape index (κ3) is 4.71. The Balaban J connectivity index is 2.35. The number of aliphatic hydroxyl groups is 1. The Labute approximate surface area is 101 Å². The van der Waals surface area contributed by atoms with Crippen molar-refractivity contribution in [2.75, 3.05) is 19.8 Å². The van der Waals surface area contributed by atoms with Gasteiger partial charge in [0.05, 0.1) is 13.2 Å². The standard InChI is InChI=1S/C13H19FO3/c1-2-3-7-16-8-9-17-13-11(10-15)5-4-6-12(13)14/h4-6,15H,2-3,7-10H2,1H3. The second-order valence-corrected chi connectivity index (χ2v) is 3.70. The molecule has 1 rings (SSSR count). The molecule has 0 amide bonds. The summed E-state index contributed by atoms with van der Waals surface area (Å²) in [6, 6.07) is 4.49. The van der Waals surface area contributed by atoms with Crippen LogP contribution in [0.3, 0.4) is 0 Å². The van der Waals surface area contributed by atoms with Crippen molar-refractivity contribution in [3.05, 3.63) is 29.6 Å². The van der Waals surface area contributed by atoms with Gasteiger partial charge >= 0.3 is 0 Å². The van der Waals surface area contributed by atoms with Gasteiger partial charge in [-0.3, -0.25) is 0 Å². The summed E-state index contributed by atoms with van der Waals surface area (Å²) in [4.78, 5) is 0. The van der Waals surface area contributed by atoms with E-state index >= 15 is 0 Å².